The van der Waals surface area contributed by atoms with E-state index in [-0.39, 0.29) is 57.2 Å². The monoisotopic (exact) mass is 883 g/mol. The molecule has 1 saturated heterocycles. The zero-order valence-corrected chi connectivity index (χ0v) is 34.9. The summed E-state index contributed by atoms with van der Waals surface area (Å²) < 4.78 is 0. The summed E-state index contributed by atoms with van der Waals surface area (Å²) in [6.45, 7) is 2.89. The Kier molecular flexibility index (Phi) is 23.3. The number of amides is 8. The number of likely N-dealkylation sites (tertiary alicyclic amines) is 1. The molecule has 27 heteroatoms. The maximum absolute atomic E-state index is 13.6. The summed E-state index contributed by atoms with van der Waals surface area (Å²) in [5, 5.41) is 34.4. The lowest BCUT2D eigenvalue weighted by Gasteiger charge is -2.28. The summed E-state index contributed by atoms with van der Waals surface area (Å²) in [4.78, 5) is 135. The van der Waals surface area contributed by atoms with Gasteiger partial charge < -0.3 is 81.0 Å². The molecule has 27 nitrogen and oxygen atoms in total. The van der Waals surface area contributed by atoms with Crippen LogP contribution in [0.25, 0.3) is 0 Å². The van der Waals surface area contributed by atoms with Gasteiger partial charge in [0.1, 0.15) is 36.8 Å². The summed E-state index contributed by atoms with van der Waals surface area (Å²) in [5.74, 6) is -10.2. The summed E-state index contributed by atoms with van der Waals surface area (Å²) in [6, 6.07) is -7.46. The highest BCUT2D eigenvalue weighted by molar-refractivity contribution is 5.97. The SMILES string of the molecule is CC(NC(=O)C(CCCN=C(N)N)NC(=O)C(N)CCCN=C(N)N)C(=O)N1CCCC1C(=O)NCC(=O)NC(CC(=O)O)C(=O)NC(C(=O)NCC(=O)NCC(=O)O)C(C)C. The average Bonchev–Trinajstić information content (AvgIpc) is 3.69. The molecule has 1 aliphatic heterocycles. The molecular formula is C35H61N15O12. The van der Waals surface area contributed by atoms with Gasteiger partial charge in [0.05, 0.1) is 25.6 Å². The van der Waals surface area contributed by atoms with E-state index in [0.717, 1.165) is 0 Å². The normalized spacial score (nSPS) is 15.6. The number of carbonyl (C=O) groups excluding carboxylic acids is 8. The van der Waals surface area contributed by atoms with Gasteiger partial charge in [0.15, 0.2) is 11.9 Å². The van der Waals surface area contributed by atoms with E-state index in [2.05, 4.69) is 41.9 Å². The number of hydrogen-bond acceptors (Lipinski definition) is 13. The summed E-state index contributed by atoms with van der Waals surface area (Å²) in [7, 11) is 0. The molecule has 19 N–H and O–H groups in total. The Bertz CT molecular complexity index is 1680. The first kappa shape index (κ1) is 53.2. The number of rotatable bonds is 27. The van der Waals surface area contributed by atoms with Crippen molar-refractivity contribution in [3.63, 3.8) is 0 Å². The molecule has 8 amide bonds. The number of nitrogens with two attached hydrogens (primary N) is 5. The number of carboxylic acids is 2. The van der Waals surface area contributed by atoms with Crippen molar-refractivity contribution < 1.29 is 58.2 Å². The maximum Gasteiger partial charge on any atom is 0.322 e. The van der Waals surface area contributed by atoms with Gasteiger partial charge in [0.25, 0.3) is 0 Å². The van der Waals surface area contributed by atoms with Crippen LogP contribution >= 0.6 is 0 Å². The lowest BCUT2D eigenvalue weighted by molar-refractivity contribution is -0.142. The second-order valence-corrected chi connectivity index (χ2v) is 14.5. The molecule has 0 saturated carbocycles. The number of aliphatic imine (C=N–C) groups is 2. The first-order valence-corrected chi connectivity index (χ1v) is 19.7. The molecular weight excluding hydrogens is 822 g/mol. The van der Waals surface area contributed by atoms with Crippen LogP contribution in [-0.4, -0.2) is 162 Å². The molecule has 0 radical (unpaired) electrons. The minimum atomic E-state index is -1.72. The van der Waals surface area contributed by atoms with Gasteiger partial charge in [0, 0.05) is 19.6 Å². The average molecular weight is 884 g/mol. The highest BCUT2D eigenvalue weighted by Gasteiger charge is 2.37. The van der Waals surface area contributed by atoms with Gasteiger partial charge in [-0.2, -0.15) is 0 Å². The minimum absolute atomic E-state index is 0.0626. The summed E-state index contributed by atoms with van der Waals surface area (Å²) >= 11 is 0. The number of aliphatic carboxylic acids is 2. The number of carboxylic acid groups (broad SMARTS) is 2. The van der Waals surface area contributed by atoms with Crippen LogP contribution in [0, 0.1) is 5.92 Å². The van der Waals surface area contributed by atoms with E-state index in [1.165, 1.54) is 25.7 Å². The standard InChI is InChI=1S/C35H61N15O12/c1-17(2)27(32(61)45-14-23(51)43-16-26(55)56)49-30(59)21(13-25(53)54)47-24(52)15-44-31(60)22-9-6-12-50(22)33(62)18(3)46-29(58)20(8-5-11-42-35(39)40)48-28(57)19(36)7-4-10-41-34(37)38/h17-22,27H,4-16,36H2,1-3H3,(H,43,51)(H,44,60)(H,45,61)(H,46,58)(H,47,52)(H,48,57)(H,49,59)(H,53,54)(H,55,56)(H4,37,38,41)(H4,39,40,42). The molecule has 0 spiro atoms. The van der Waals surface area contributed by atoms with Gasteiger partial charge in [-0.1, -0.05) is 13.8 Å². The van der Waals surface area contributed by atoms with Crippen molar-refractivity contribution in [1.29, 1.82) is 0 Å². The zero-order valence-electron chi connectivity index (χ0n) is 34.9. The topological polar surface area (TPSA) is 453 Å². The fourth-order valence-electron chi connectivity index (χ4n) is 5.85. The highest BCUT2D eigenvalue weighted by atomic mass is 16.4. The van der Waals surface area contributed by atoms with E-state index in [4.69, 9.17) is 33.8 Å². The molecule has 62 heavy (non-hydrogen) atoms. The predicted molar refractivity (Wildman–Crippen MR) is 220 cm³/mol. The Labute approximate surface area is 356 Å². The van der Waals surface area contributed by atoms with E-state index in [1.54, 1.807) is 0 Å². The number of guanidine groups is 2. The van der Waals surface area contributed by atoms with Crippen LogP contribution in [0.3, 0.4) is 0 Å². The van der Waals surface area contributed by atoms with Crippen LogP contribution in [-0.2, 0) is 47.9 Å². The lowest BCUT2D eigenvalue weighted by Crippen LogP contribution is -2.58. The predicted octanol–water partition coefficient (Wildman–Crippen LogP) is -7.07. The van der Waals surface area contributed by atoms with Crippen molar-refractivity contribution in [2.24, 2.45) is 44.6 Å². The molecule has 1 fully saturated rings. The fraction of sp³-hybridized carbons (Fsp3) is 0.657. The molecule has 0 aromatic heterocycles. The zero-order chi connectivity index (χ0) is 47.1. The van der Waals surface area contributed by atoms with Crippen LogP contribution in [0.15, 0.2) is 9.98 Å². The van der Waals surface area contributed by atoms with Gasteiger partial charge >= 0.3 is 11.9 Å². The Balaban J connectivity index is 2.92. The first-order chi connectivity index (χ1) is 29.0. The first-order valence-electron chi connectivity index (χ1n) is 19.7. The van der Waals surface area contributed by atoms with Crippen LogP contribution in [0.5, 0.6) is 0 Å². The molecule has 0 aromatic rings. The van der Waals surface area contributed by atoms with Crippen molar-refractivity contribution >= 4 is 71.1 Å². The third-order valence-corrected chi connectivity index (χ3v) is 9.01. The van der Waals surface area contributed by atoms with Crippen molar-refractivity contribution in [1.82, 2.24) is 42.1 Å². The molecule has 6 unspecified atom stereocenters. The quantitative estimate of drug-likeness (QED) is 0.0207. The molecule has 6 atom stereocenters. The van der Waals surface area contributed by atoms with Crippen molar-refractivity contribution in [2.45, 2.75) is 102 Å². The number of hydrogen-bond donors (Lipinski definition) is 14. The third-order valence-electron chi connectivity index (χ3n) is 9.01. The van der Waals surface area contributed by atoms with Gasteiger partial charge in [-0.3, -0.25) is 57.9 Å². The van der Waals surface area contributed by atoms with E-state index in [1.807, 2.05) is 5.32 Å². The lowest BCUT2D eigenvalue weighted by atomic mass is 10.0. The number of carbonyl (C=O) groups is 10. The van der Waals surface area contributed by atoms with Gasteiger partial charge in [0.2, 0.25) is 47.3 Å². The maximum atomic E-state index is 13.6. The largest absolute Gasteiger partial charge is 0.481 e. The molecule has 0 bridgehead atoms. The molecule has 1 heterocycles. The summed E-state index contributed by atoms with van der Waals surface area (Å²) in [5.41, 5.74) is 27.4. The smallest absolute Gasteiger partial charge is 0.322 e. The molecule has 0 aliphatic carbocycles. The van der Waals surface area contributed by atoms with E-state index in [0.29, 0.717) is 12.8 Å². The van der Waals surface area contributed by atoms with Crippen molar-refractivity contribution in [3.8, 4) is 0 Å². The van der Waals surface area contributed by atoms with Crippen LogP contribution in [0.1, 0.15) is 65.7 Å². The van der Waals surface area contributed by atoms with E-state index in [9.17, 15) is 53.1 Å². The van der Waals surface area contributed by atoms with Gasteiger partial charge in [-0.25, -0.2) is 0 Å². The molecule has 1 rings (SSSR count). The Morgan fingerprint density at radius 2 is 1.24 bits per heavy atom. The second kappa shape index (κ2) is 27.1. The molecule has 348 valence electrons. The summed E-state index contributed by atoms with van der Waals surface area (Å²) in [6.07, 6.45) is 0.557. The third kappa shape index (κ3) is 20.4. The minimum Gasteiger partial charge on any atom is -0.481 e. The van der Waals surface area contributed by atoms with Crippen molar-refractivity contribution in [3.05, 3.63) is 0 Å². The van der Waals surface area contributed by atoms with Gasteiger partial charge in [-0.05, 0) is 51.4 Å². The van der Waals surface area contributed by atoms with Crippen LogP contribution in [0.2, 0.25) is 0 Å². The van der Waals surface area contributed by atoms with Crippen LogP contribution in [0.4, 0.5) is 0 Å². The Hall–Kier alpha value is -6.80. The fourth-order valence-corrected chi connectivity index (χ4v) is 5.85. The molecule has 1 aliphatic rings. The van der Waals surface area contributed by atoms with Crippen molar-refractivity contribution in [2.75, 3.05) is 39.3 Å². The Morgan fingerprint density at radius 1 is 0.661 bits per heavy atom. The van der Waals surface area contributed by atoms with Gasteiger partial charge in [-0.15, -0.1) is 0 Å². The second-order valence-electron chi connectivity index (χ2n) is 14.5. The van der Waals surface area contributed by atoms with E-state index >= 15 is 0 Å². The van der Waals surface area contributed by atoms with E-state index < -0.39 is 127 Å². The number of nitrogens with zero attached hydrogens (tertiary/aromatic N) is 3. The Morgan fingerprint density at radius 3 is 1.81 bits per heavy atom. The highest BCUT2D eigenvalue weighted by Crippen LogP contribution is 2.19. The van der Waals surface area contributed by atoms with Crippen LogP contribution < -0.4 is 65.9 Å². The molecule has 0 aromatic carbocycles. The number of nitrogens with one attached hydrogen (secondary N) is 7.